The lowest BCUT2D eigenvalue weighted by Gasteiger charge is -2.35. The first-order valence-electron chi connectivity index (χ1n) is 8.07. The normalized spacial score (nSPS) is 22.5. The van der Waals surface area contributed by atoms with Gasteiger partial charge in [0.1, 0.15) is 0 Å². The maximum absolute atomic E-state index is 12.8. The van der Waals surface area contributed by atoms with Crippen LogP contribution in [0.2, 0.25) is 0 Å². The highest BCUT2D eigenvalue weighted by atomic mass is 32.2. The van der Waals surface area contributed by atoms with Crippen LogP contribution < -0.4 is 0 Å². The van der Waals surface area contributed by atoms with Crippen LogP contribution >= 0.6 is 0 Å². The van der Waals surface area contributed by atoms with Crippen LogP contribution in [0.3, 0.4) is 0 Å². The first-order valence-corrected chi connectivity index (χ1v) is 9.68. The van der Waals surface area contributed by atoms with Gasteiger partial charge in [-0.3, -0.25) is 4.79 Å². The van der Waals surface area contributed by atoms with Gasteiger partial charge >= 0.3 is 5.97 Å². The van der Waals surface area contributed by atoms with E-state index in [0.717, 1.165) is 16.3 Å². The van der Waals surface area contributed by atoms with E-state index in [1.807, 2.05) is 49.4 Å². The fourth-order valence-corrected chi connectivity index (χ4v) is 5.11. The molecule has 0 aliphatic carbocycles. The molecule has 0 bridgehead atoms. The summed E-state index contributed by atoms with van der Waals surface area (Å²) in [5.74, 6) is -1.64. The molecule has 128 valence electrons. The highest BCUT2D eigenvalue weighted by molar-refractivity contribution is 7.88. The van der Waals surface area contributed by atoms with Crippen LogP contribution in [0.15, 0.2) is 42.5 Å². The minimum absolute atomic E-state index is 0.0619. The van der Waals surface area contributed by atoms with Crippen molar-refractivity contribution >= 4 is 26.8 Å². The van der Waals surface area contributed by atoms with Crippen molar-refractivity contribution in [1.29, 1.82) is 0 Å². The van der Waals surface area contributed by atoms with Gasteiger partial charge in [0.2, 0.25) is 10.0 Å². The van der Waals surface area contributed by atoms with Crippen LogP contribution in [0.5, 0.6) is 0 Å². The molecule has 0 radical (unpaired) electrons. The summed E-state index contributed by atoms with van der Waals surface area (Å²) in [6.45, 7) is 1.91. The fraction of sp³-hybridized carbons (Fsp3) is 0.389. The molecule has 2 aromatic rings. The molecule has 1 aliphatic rings. The van der Waals surface area contributed by atoms with Gasteiger partial charge in [-0.2, -0.15) is 4.31 Å². The van der Waals surface area contributed by atoms with Crippen molar-refractivity contribution in [2.24, 2.45) is 5.92 Å². The third-order valence-electron chi connectivity index (χ3n) is 4.69. The van der Waals surface area contributed by atoms with Gasteiger partial charge in [0.15, 0.2) is 0 Å². The molecule has 0 spiro atoms. The van der Waals surface area contributed by atoms with E-state index in [9.17, 15) is 18.3 Å². The van der Waals surface area contributed by atoms with Crippen molar-refractivity contribution in [2.45, 2.75) is 31.6 Å². The zero-order valence-electron chi connectivity index (χ0n) is 13.6. The number of nitrogens with zero attached hydrogens (tertiary/aromatic N) is 1. The number of carbonyl (C=O) groups is 1. The number of fused-ring (bicyclic) bond motifs is 1. The third-order valence-corrected chi connectivity index (χ3v) is 6.62. The van der Waals surface area contributed by atoms with Crippen molar-refractivity contribution in [3.05, 3.63) is 48.0 Å². The van der Waals surface area contributed by atoms with E-state index in [2.05, 4.69) is 0 Å². The van der Waals surface area contributed by atoms with Crippen molar-refractivity contribution in [1.82, 2.24) is 4.31 Å². The maximum Gasteiger partial charge on any atom is 0.307 e. The van der Waals surface area contributed by atoms with Crippen molar-refractivity contribution in [3.8, 4) is 0 Å². The Morgan fingerprint density at radius 1 is 1.17 bits per heavy atom. The number of piperidine rings is 1. The summed E-state index contributed by atoms with van der Waals surface area (Å²) in [5, 5.41) is 11.3. The average molecular weight is 347 g/mol. The Bertz CT molecular complexity index is 862. The number of aliphatic carboxylic acids is 1. The number of hydrogen-bond acceptors (Lipinski definition) is 3. The molecule has 6 heteroatoms. The van der Waals surface area contributed by atoms with E-state index in [4.69, 9.17) is 0 Å². The SMILES string of the molecule is CC1CCC(C(=O)O)CN1S(=O)(=O)Cc1ccc2ccccc2c1. The maximum atomic E-state index is 12.8. The lowest BCUT2D eigenvalue weighted by molar-refractivity contribution is -0.143. The summed E-state index contributed by atoms with van der Waals surface area (Å²) in [7, 11) is -3.55. The van der Waals surface area contributed by atoms with E-state index >= 15 is 0 Å². The molecule has 5 nitrogen and oxygen atoms in total. The summed E-state index contributed by atoms with van der Waals surface area (Å²) in [6, 6.07) is 13.3. The summed E-state index contributed by atoms with van der Waals surface area (Å²) in [6.07, 6.45) is 1.10. The number of carboxylic acid groups (broad SMARTS) is 1. The second-order valence-electron chi connectivity index (χ2n) is 6.47. The Hall–Kier alpha value is -1.92. The molecule has 2 aromatic carbocycles. The zero-order chi connectivity index (χ0) is 17.3. The summed E-state index contributed by atoms with van der Waals surface area (Å²) in [5.41, 5.74) is 0.721. The topological polar surface area (TPSA) is 74.7 Å². The fourth-order valence-electron chi connectivity index (χ4n) is 3.29. The summed E-state index contributed by atoms with van der Waals surface area (Å²) in [4.78, 5) is 11.2. The first kappa shape index (κ1) is 16.9. The molecule has 0 aromatic heterocycles. The quantitative estimate of drug-likeness (QED) is 0.923. The van der Waals surface area contributed by atoms with E-state index < -0.39 is 21.9 Å². The van der Waals surface area contributed by atoms with Crippen LogP contribution in [-0.2, 0) is 20.6 Å². The lowest BCUT2D eigenvalue weighted by Crippen LogP contribution is -2.47. The summed E-state index contributed by atoms with van der Waals surface area (Å²) < 4.78 is 27.0. The van der Waals surface area contributed by atoms with Gasteiger partial charge in [0.05, 0.1) is 11.7 Å². The molecule has 1 fully saturated rings. The van der Waals surface area contributed by atoms with Crippen LogP contribution in [0, 0.1) is 5.92 Å². The van der Waals surface area contributed by atoms with E-state index in [0.29, 0.717) is 12.8 Å². The number of rotatable bonds is 4. The Balaban J connectivity index is 1.84. The predicted molar refractivity (Wildman–Crippen MR) is 93.1 cm³/mol. The zero-order valence-corrected chi connectivity index (χ0v) is 14.4. The second-order valence-corrected chi connectivity index (χ2v) is 8.39. The monoisotopic (exact) mass is 347 g/mol. The molecule has 1 aliphatic heterocycles. The van der Waals surface area contributed by atoms with Crippen molar-refractivity contribution in [3.63, 3.8) is 0 Å². The van der Waals surface area contributed by atoms with Crippen molar-refractivity contribution < 1.29 is 18.3 Å². The van der Waals surface area contributed by atoms with E-state index in [-0.39, 0.29) is 18.3 Å². The highest BCUT2D eigenvalue weighted by Gasteiger charge is 2.36. The number of hydrogen-bond donors (Lipinski definition) is 1. The molecular formula is C18H21NO4S. The molecule has 24 heavy (non-hydrogen) atoms. The Morgan fingerprint density at radius 2 is 1.88 bits per heavy atom. The number of sulfonamides is 1. The van der Waals surface area contributed by atoms with Gasteiger partial charge in [-0.05, 0) is 36.1 Å². The Kier molecular flexibility index (Phi) is 4.60. The minimum atomic E-state index is -3.55. The molecule has 1 N–H and O–H groups in total. The second kappa shape index (κ2) is 6.53. The molecule has 1 heterocycles. The van der Waals surface area contributed by atoms with Gasteiger partial charge in [-0.25, -0.2) is 8.42 Å². The van der Waals surface area contributed by atoms with Crippen LogP contribution in [-0.4, -0.2) is 36.4 Å². The lowest BCUT2D eigenvalue weighted by atomic mass is 9.96. The molecular weight excluding hydrogens is 326 g/mol. The number of carboxylic acids is 1. The van der Waals surface area contributed by atoms with Crippen LogP contribution in [0.25, 0.3) is 10.8 Å². The van der Waals surface area contributed by atoms with Crippen LogP contribution in [0.4, 0.5) is 0 Å². The van der Waals surface area contributed by atoms with Gasteiger partial charge in [-0.1, -0.05) is 42.5 Å². The third kappa shape index (κ3) is 3.44. The Morgan fingerprint density at radius 3 is 2.58 bits per heavy atom. The van der Waals surface area contributed by atoms with E-state index in [1.165, 1.54) is 4.31 Å². The average Bonchev–Trinajstić information content (AvgIpc) is 2.54. The van der Waals surface area contributed by atoms with Gasteiger partial charge in [-0.15, -0.1) is 0 Å². The standard InChI is InChI=1S/C18H21NO4S/c1-13-6-8-17(18(20)21)11-19(13)24(22,23)12-14-7-9-15-4-2-3-5-16(15)10-14/h2-5,7,9-10,13,17H,6,8,11-12H2,1H3,(H,20,21). The van der Waals surface area contributed by atoms with Crippen LogP contribution in [0.1, 0.15) is 25.3 Å². The smallest absolute Gasteiger partial charge is 0.307 e. The minimum Gasteiger partial charge on any atom is -0.481 e. The molecule has 0 saturated carbocycles. The van der Waals surface area contributed by atoms with Crippen molar-refractivity contribution in [2.75, 3.05) is 6.54 Å². The van der Waals surface area contributed by atoms with E-state index in [1.54, 1.807) is 0 Å². The summed E-state index contributed by atoms with van der Waals surface area (Å²) >= 11 is 0. The molecule has 3 rings (SSSR count). The van der Waals surface area contributed by atoms with Gasteiger partial charge in [0, 0.05) is 12.6 Å². The largest absolute Gasteiger partial charge is 0.481 e. The predicted octanol–water partition coefficient (Wildman–Crippen LogP) is 2.85. The molecule has 2 unspecified atom stereocenters. The Labute approximate surface area is 142 Å². The molecule has 1 saturated heterocycles. The number of benzene rings is 2. The van der Waals surface area contributed by atoms with Gasteiger partial charge in [0.25, 0.3) is 0 Å². The first-order chi connectivity index (χ1) is 11.4. The molecule has 0 amide bonds. The van der Waals surface area contributed by atoms with Gasteiger partial charge < -0.3 is 5.11 Å². The molecule has 2 atom stereocenters. The highest BCUT2D eigenvalue weighted by Crippen LogP contribution is 2.27.